The average molecular weight is 219 g/mol. The number of nitrogens with one attached hydrogen (secondary N) is 1. The van der Waals surface area contributed by atoms with Crippen LogP contribution in [0.4, 0.5) is 5.69 Å². The van der Waals surface area contributed by atoms with Crippen LogP contribution in [0, 0.1) is 0 Å². The first-order valence-corrected chi connectivity index (χ1v) is 5.11. The van der Waals surface area contributed by atoms with Gasteiger partial charge in [-0.25, -0.2) is 0 Å². The van der Waals surface area contributed by atoms with Crippen LogP contribution >= 0.6 is 0 Å². The zero-order chi connectivity index (χ0) is 11.5. The van der Waals surface area contributed by atoms with Gasteiger partial charge in [-0.05, 0) is 12.1 Å². The van der Waals surface area contributed by atoms with Crippen LogP contribution in [-0.4, -0.2) is 24.8 Å². The summed E-state index contributed by atoms with van der Waals surface area (Å²) in [6.07, 6.45) is 0.481. The number of ketones is 1. The zero-order valence-corrected chi connectivity index (χ0v) is 8.77. The second-order valence-electron chi connectivity index (χ2n) is 3.61. The van der Waals surface area contributed by atoms with Crippen molar-refractivity contribution < 1.29 is 9.59 Å². The van der Waals surface area contributed by atoms with E-state index in [0.29, 0.717) is 18.5 Å². The van der Waals surface area contributed by atoms with Gasteiger partial charge in [0.2, 0.25) is 5.91 Å². The Morgan fingerprint density at radius 3 is 2.94 bits per heavy atom. The van der Waals surface area contributed by atoms with Gasteiger partial charge in [-0.15, -0.1) is 0 Å². The highest BCUT2D eigenvalue weighted by atomic mass is 16.2. The van der Waals surface area contributed by atoms with Crippen LogP contribution in [0.15, 0.2) is 24.3 Å². The van der Waals surface area contributed by atoms with Gasteiger partial charge in [-0.3, -0.25) is 20.0 Å². The molecule has 5 heteroatoms. The highest BCUT2D eigenvalue weighted by Gasteiger charge is 2.19. The van der Waals surface area contributed by atoms with Crippen molar-refractivity contribution in [1.29, 1.82) is 0 Å². The summed E-state index contributed by atoms with van der Waals surface area (Å²) in [4.78, 5) is 22.5. The third-order valence-electron chi connectivity index (χ3n) is 2.49. The Balaban J connectivity index is 2.22. The van der Waals surface area contributed by atoms with Crippen LogP contribution in [-0.2, 0) is 4.79 Å². The predicted molar refractivity (Wildman–Crippen MR) is 59.9 cm³/mol. The van der Waals surface area contributed by atoms with Crippen molar-refractivity contribution >= 4 is 17.4 Å². The molecule has 0 radical (unpaired) electrons. The molecule has 1 heterocycles. The first-order chi connectivity index (χ1) is 7.70. The van der Waals surface area contributed by atoms with Gasteiger partial charge in [0.1, 0.15) is 0 Å². The molecule has 1 aromatic carbocycles. The second-order valence-corrected chi connectivity index (χ2v) is 3.61. The number of nitrogens with zero attached hydrogens (tertiary/aromatic N) is 1. The lowest BCUT2D eigenvalue weighted by Crippen LogP contribution is -2.33. The number of carbonyl (C=O) groups excluding carboxylic acids is 2. The summed E-state index contributed by atoms with van der Waals surface area (Å²) >= 11 is 0. The van der Waals surface area contributed by atoms with E-state index in [0.717, 1.165) is 5.69 Å². The minimum absolute atomic E-state index is 0.00412. The number of Topliss-reactive ketones (excluding diaryl/α,β-unsaturated/α-hetero) is 1. The van der Waals surface area contributed by atoms with Gasteiger partial charge in [0.15, 0.2) is 5.78 Å². The Hall–Kier alpha value is -1.88. The molecule has 1 fully saturated rings. The van der Waals surface area contributed by atoms with Gasteiger partial charge in [0.25, 0.3) is 0 Å². The molecule has 1 saturated heterocycles. The van der Waals surface area contributed by atoms with Crippen LogP contribution in [0.3, 0.4) is 0 Å². The molecule has 2 rings (SSSR count). The molecule has 1 aliphatic rings. The maximum Gasteiger partial charge on any atom is 0.240 e. The van der Waals surface area contributed by atoms with Crippen LogP contribution < -0.4 is 16.2 Å². The number of hydrogen-bond acceptors (Lipinski definition) is 4. The van der Waals surface area contributed by atoms with Crippen LogP contribution in [0.1, 0.15) is 16.8 Å². The van der Waals surface area contributed by atoms with Crippen molar-refractivity contribution in [2.75, 3.05) is 18.1 Å². The Morgan fingerprint density at radius 1 is 1.50 bits per heavy atom. The Kier molecular flexibility index (Phi) is 2.87. The van der Waals surface area contributed by atoms with E-state index in [1.807, 2.05) is 6.07 Å². The number of amides is 1. The van der Waals surface area contributed by atoms with Crippen molar-refractivity contribution in [3.63, 3.8) is 0 Å². The van der Waals surface area contributed by atoms with E-state index in [-0.39, 0.29) is 18.2 Å². The standard InChI is InChI=1S/C11H13N3O2/c12-7-10(15)8-2-1-3-9(6-8)14-5-4-11(16)13-14/h1-3,6H,4-5,7,12H2,(H,13,16). The maximum atomic E-state index is 11.4. The number of rotatable bonds is 3. The predicted octanol–water partition coefficient (Wildman–Crippen LogP) is 0.0693. The highest BCUT2D eigenvalue weighted by molar-refractivity contribution is 5.98. The molecule has 1 aliphatic heterocycles. The van der Waals surface area contributed by atoms with E-state index in [9.17, 15) is 9.59 Å². The van der Waals surface area contributed by atoms with Gasteiger partial charge in [0.05, 0.1) is 12.2 Å². The lowest BCUT2D eigenvalue weighted by molar-refractivity contribution is -0.119. The maximum absolute atomic E-state index is 11.4. The molecule has 0 aliphatic carbocycles. The molecule has 0 saturated carbocycles. The minimum Gasteiger partial charge on any atom is -0.324 e. The van der Waals surface area contributed by atoms with Gasteiger partial charge < -0.3 is 5.73 Å². The fraction of sp³-hybridized carbons (Fsp3) is 0.273. The first-order valence-electron chi connectivity index (χ1n) is 5.11. The minimum atomic E-state index is -0.104. The number of anilines is 1. The molecule has 0 unspecified atom stereocenters. The third kappa shape index (κ3) is 2.04. The molecule has 0 spiro atoms. The molecule has 0 bridgehead atoms. The van der Waals surface area contributed by atoms with Crippen molar-refractivity contribution in [3.8, 4) is 0 Å². The fourth-order valence-electron chi connectivity index (χ4n) is 1.63. The van der Waals surface area contributed by atoms with Gasteiger partial charge in [-0.2, -0.15) is 0 Å². The molecule has 1 amide bonds. The van der Waals surface area contributed by atoms with E-state index in [2.05, 4.69) is 5.43 Å². The molecule has 0 aromatic heterocycles. The van der Waals surface area contributed by atoms with Crippen molar-refractivity contribution in [2.24, 2.45) is 5.73 Å². The van der Waals surface area contributed by atoms with E-state index < -0.39 is 0 Å². The normalized spacial score (nSPS) is 15.1. The summed E-state index contributed by atoms with van der Waals surface area (Å²) in [5, 5.41) is 1.73. The van der Waals surface area contributed by atoms with E-state index in [1.54, 1.807) is 23.2 Å². The highest BCUT2D eigenvalue weighted by Crippen LogP contribution is 2.17. The lowest BCUT2D eigenvalue weighted by Gasteiger charge is -2.17. The smallest absolute Gasteiger partial charge is 0.240 e. The molecule has 3 N–H and O–H groups in total. The van der Waals surface area contributed by atoms with Crippen molar-refractivity contribution in [3.05, 3.63) is 29.8 Å². The zero-order valence-electron chi connectivity index (χ0n) is 8.77. The summed E-state index contributed by atoms with van der Waals surface area (Å²) in [5.41, 5.74) is 9.38. The first kappa shape index (κ1) is 10.6. The number of benzene rings is 1. The van der Waals surface area contributed by atoms with Crippen molar-refractivity contribution in [2.45, 2.75) is 6.42 Å². The van der Waals surface area contributed by atoms with Gasteiger partial charge in [0, 0.05) is 18.5 Å². The number of hydrazine groups is 1. The van der Waals surface area contributed by atoms with E-state index >= 15 is 0 Å². The van der Waals surface area contributed by atoms with Gasteiger partial charge >= 0.3 is 0 Å². The summed E-state index contributed by atoms with van der Waals surface area (Å²) in [6, 6.07) is 7.08. The quantitative estimate of drug-likeness (QED) is 0.705. The summed E-state index contributed by atoms with van der Waals surface area (Å²) in [5.74, 6) is -0.108. The molecule has 84 valence electrons. The lowest BCUT2D eigenvalue weighted by atomic mass is 10.1. The number of hydrogen-bond donors (Lipinski definition) is 2. The SMILES string of the molecule is NCC(=O)c1cccc(N2CCC(=O)N2)c1. The van der Waals surface area contributed by atoms with Gasteiger partial charge in [-0.1, -0.05) is 12.1 Å². The monoisotopic (exact) mass is 219 g/mol. The summed E-state index contributed by atoms with van der Waals surface area (Å²) in [6.45, 7) is 0.620. The summed E-state index contributed by atoms with van der Waals surface area (Å²) < 4.78 is 0. The average Bonchev–Trinajstić information content (AvgIpc) is 2.75. The third-order valence-corrected chi connectivity index (χ3v) is 2.49. The van der Waals surface area contributed by atoms with E-state index in [4.69, 9.17) is 5.73 Å². The van der Waals surface area contributed by atoms with Crippen molar-refractivity contribution in [1.82, 2.24) is 5.43 Å². The molecular formula is C11H13N3O2. The van der Waals surface area contributed by atoms with E-state index in [1.165, 1.54) is 0 Å². The van der Waals surface area contributed by atoms with Crippen LogP contribution in [0.5, 0.6) is 0 Å². The Labute approximate surface area is 93.2 Å². The molecule has 5 nitrogen and oxygen atoms in total. The molecule has 0 atom stereocenters. The second kappa shape index (κ2) is 4.32. The molecule has 16 heavy (non-hydrogen) atoms. The molecule has 1 aromatic rings. The molecular weight excluding hydrogens is 206 g/mol. The van der Waals surface area contributed by atoms with Crippen LogP contribution in [0.2, 0.25) is 0 Å². The Bertz CT molecular complexity index is 431. The fourth-order valence-corrected chi connectivity index (χ4v) is 1.63. The summed E-state index contributed by atoms with van der Waals surface area (Å²) in [7, 11) is 0. The van der Waals surface area contributed by atoms with Crippen LogP contribution in [0.25, 0.3) is 0 Å². The topological polar surface area (TPSA) is 75.4 Å². The number of nitrogens with two attached hydrogens (primary N) is 1. The number of carbonyl (C=O) groups is 2. The Morgan fingerprint density at radius 2 is 2.31 bits per heavy atom. The largest absolute Gasteiger partial charge is 0.324 e.